The van der Waals surface area contributed by atoms with Crippen LogP contribution >= 0.6 is 0 Å². The summed E-state index contributed by atoms with van der Waals surface area (Å²) in [5, 5.41) is 0. The third kappa shape index (κ3) is 5.67. The van der Waals surface area contributed by atoms with E-state index in [1.165, 1.54) is 0 Å². The van der Waals surface area contributed by atoms with Gasteiger partial charge in [-0.2, -0.15) is 8.42 Å². The lowest BCUT2D eigenvalue weighted by Crippen LogP contribution is -2.11. The van der Waals surface area contributed by atoms with Crippen LogP contribution in [-0.2, 0) is 14.9 Å². The minimum absolute atomic E-state index is 0.0547. The third-order valence-electron chi connectivity index (χ3n) is 2.39. The Balaban J connectivity index is 2.48. The second-order valence-corrected chi connectivity index (χ2v) is 5.71. The quantitative estimate of drug-likeness (QED) is 0.492. The molecule has 1 rings (SSSR count). The Morgan fingerprint density at radius 3 is 2.26 bits per heavy atom. The number of hydrogen-bond donors (Lipinski definition) is 1. The zero-order chi connectivity index (χ0) is 14.5. The van der Waals surface area contributed by atoms with E-state index in [0.717, 1.165) is 11.1 Å². The smallest absolute Gasteiger partial charge is 0.338 e. The van der Waals surface area contributed by atoms with Crippen molar-refractivity contribution in [3.05, 3.63) is 42.0 Å². The molecule has 0 aliphatic carbocycles. The van der Waals surface area contributed by atoms with Crippen LogP contribution in [0.1, 0.15) is 29.3 Å². The molecule has 0 amide bonds. The summed E-state index contributed by atoms with van der Waals surface area (Å²) in [5.41, 5.74) is 2.22. The number of rotatable bonds is 6. The number of benzene rings is 1. The lowest BCUT2D eigenvalue weighted by atomic mass is 10.1. The van der Waals surface area contributed by atoms with Crippen LogP contribution in [0.5, 0.6) is 0 Å². The number of allylic oxidation sites excluding steroid dienone is 1. The molecule has 5 nitrogen and oxygen atoms in total. The molecule has 0 aliphatic heterocycles. The Hall–Kier alpha value is -1.66. The Morgan fingerprint density at radius 2 is 1.79 bits per heavy atom. The highest BCUT2D eigenvalue weighted by atomic mass is 32.2. The highest BCUT2D eigenvalue weighted by molar-refractivity contribution is 7.85. The third-order valence-corrected chi connectivity index (χ3v) is 3.20. The summed E-state index contributed by atoms with van der Waals surface area (Å²) < 4.78 is 34.3. The average Bonchev–Trinajstić information content (AvgIpc) is 2.33. The summed E-state index contributed by atoms with van der Waals surface area (Å²) in [7, 11) is -4.00. The second kappa shape index (κ2) is 6.49. The average molecular weight is 284 g/mol. The van der Waals surface area contributed by atoms with Crippen LogP contribution in [0, 0.1) is 0 Å². The zero-order valence-electron chi connectivity index (χ0n) is 10.6. The fourth-order valence-electron chi connectivity index (χ4n) is 1.38. The molecule has 0 heterocycles. The highest BCUT2D eigenvalue weighted by Crippen LogP contribution is 2.13. The van der Waals surface area contributed by atoms with Gasteiger partial charge in [0.15, 0.2) is 0 Å². The molecule has 104 valence electrons. The van der Waals surface area contributed by atoms with E-state index in [0.29, 0.717) is 5.56 Å². The lowest BCUT2D eigenvalue weighted by molar-refractivity contribution is 0.0505. The summed E-state index contributed by atoms with van der Waals surface area (Å²) in [6.45, 7) is 5.60. The number of carbonyl (C=O) groups is 1. The van der Waals surface area contributed by atoms with E-state index < -0.39 is 21.8 Å². The van der Waals surface area contributed by atoms with Crippen LogP contribution in [0.25, 0.3) is 5.57 Å². The van der Waals surface area contributed by atoms with Crippen LogP contribution in [0.15, 0.2) is 30.8 Å². The summed E-state index contributed by atoms with van der Waals surface area (Å²) in [6, 6.07) is 6.76. The van der Waals surface area contributed by atoms with Crippen molar-refractivity contribution in [2.75, 3.05) is 12.4 Å². The molecule has 0 aliphatic rings. The molecule has 0 bridgehead atoms. The highest BCUT2D eigenvalue weighted by Gasteiger charge is 2.09. The first-order valence-corrected chi connectivity index (χ1v) is 7.29. The first-order chi connectivity index (χ1) is 8.79. The molecule has 1 aromatic carbocycles. The van der Waals surface area contributed by atoms with Crippen molar-refractivity contribution >= 4 is 21.7 Å². The summed E-state index contributed by atoms with van der Waals surface area (Å²) in [5.74, 6) is -0.946. The molecule has 0 aromatic heterocycles. The summed E-state index contributed by atoms with van der Waals surface area (Å²) in [4.78, 5) is 11.6. The van der Waals surface area contributed by atoms with Crippen molar-refractivity contribution in [1.82, 2.24) is 0 Å². The molecule has 0 radical (unpaired) electrons. The van der Waals surface area contributed by atoms with Gasteiger partial charge in [-0.15, -0.1) is 0 Å². The van der Waals surface area contributed by atoms with Gasteiger partial charge in [0.1, 0.15) is 0 Å². The molecular formula is C13H16O5S. The number of carbonyl (C=O) groups excluding carboxylic acids is 1. The van der Waals surface area contributed by atoms with Gasteiger partial charge in [-0.05, 0) is 31.0 Å². The number of hydrogen-bond acceptors (Lipinski definition) is 4. The maximum Gasteiger partial charge on any atom is 0.338 e. The lowest BCUT2D eigenvalue weighted by Gasteiger charge is -2.05. The van der Waals surface area contributed by atoms with Crippen LogP contribution in [0.3, 0.4) is 0 Å². The van der Waals surface area contributed by atoms with Gasteiger partial charge in [0.2, 0.25) is 0 Å². The molecule has 0 saturated heterocycles. The minimum atomic E-state index is -4.00. The first kappa shape index (κ1) is 15.4. The van der Waals surface area contributed by atoms with E-state index in [1.807, 2.05) is 6.92 Å². The van der Waals surface area contributed by atoms with Gasteiger partial charge < -0.3 is 4.74 Å². The van der Waals surface area contributed by atoms with Crippen molar-refractivity contribution in [2.45, 2.75) is 13.3 Å². The second-order valence-electron chi connectivity index (χ2n) is 4.13. The maximum atomic E-state index is 11.6. The predicted octanol–water partition coefficient (Wildman–Crippen LogP) is 2.15. The molecule has 19 heavy (non-hydrogen) atoms. The van der Waals surface area contributed by atoms with Gasteiger partial charge in [-0.25, -0.2) is 4.79 Å². The van der Waals surface area contributed by atoms with Crippen molar-refractivity contribution in [3.63, 3.8) is 0 Å². The molecule has 0 unspecified atom stereocenters. The van der Waals surface area contributed by atoms with Crippen molar-refractivity contribution < 1.29 is 22.5 Å². The van der Waals surface area contributed by atoms with E-state index in [-0.39, 0.29) is 13.0 Å². The van der Waals surface area contributed by atoms with E-state index in [9.17, 15) is 13.2 Å². The number of ether oxygens (including phenoxy) is 1. The standard InChI is InChI=1S/C13H16O5S/c1-10(2)11-4-6-12(7-5-11)13(14)18-8-3-9-19(15,16)17/h4-7H,1,3,8-9H2,2H3,(H,15,16,17). The van der Waals surface area contributed by atoms with Crippen LogP contribution in [-0.4, -0.2) is 31.3 Å². The Kier molecular flexibility index (Phi) is 5.26. The van der Waals surface area contributed by atoms with Crippen molar-refractivity contribution in [3.8, 4) is 0 Å². The predicted molar refractivity (Wildman–Crippen MR) is 72.5 cm³/mol. The maximum absolute atomic E-state index is 11.6. The molecule has 1 N–H and O–H groups in total. The molecular weight excluding hydrogens is 268 g/mol. The Labute approximate surface area is 112 Å². The molecule has 0 saturated carbocycles. The van der Waals surface area contributed by atoms with Crippen molar-refractivity contribution in [1.29, 1.82) is 0 Å². The summed E-state index contributed by atoms with van der Waals surface area (Å²) >= 11 is 0. The van der Waals surface area contributed by atoms with Gasteiger partial charge in [-0.3, -0.25) is 4.55 Å². The van der Waals surface area contributed by atoms with E-state index >= 15 is 0 Å². The van der Waals surface area contributed by atoms with E-state index in [4.69, 9.17) is 9.29 Å². The molecule has 6 heteroatoms. The van der Waals surface area contributed by atoms with Gasteiger partial charge in [-0.1, -0.05) is 24.3 Å². The van der Waals surface area contributed by atoms with E-state index in [1.54, 1.807) is 24.3 Å². The molecule has 0 atom stereocenters. The van der Waals surface area contributed by atoms with Gasteiger partial charge in [0.25, 0.3) is 10.1 Å². The van der Waals surface area contributed by atoms with Gasteiger partial charge in [0, 0.05) is 0 Å². The Morgan fingerprint density at radius 1 is 1.26 bits per heavy atom. The zero-order valence-corrected chi connectivity index (χ0v) is 11.4. The Bertz CT molecular complexity index is 557. The minimum Gasteiger partial charge on any atom is -0.462 e. The fraction of sp³-hybridized carbons (Fsp3) is 0.308. The summed E-state index contributed by atoms with van der Waals surface area (Å²) in [6.07, 6.45) is 0.0639. The van der Waals surface area contributed by atoms with Gasteiger partial charge in [0.05, 0.1) is 17.9 Å². The van der Waals surface area contributed by atoms with E-state index in [2.05, 4.69) is 6.58 Å². The number of esters is 1. The van der Waals surface area contributed by atoms with Crippen LogP contribution in [0.4, 0.5) is 0 Å². The van der Waals surface area contributed by atoms with Crippen LogP contribution < -0.4 is 0 Å². The monoisotopic (exact) mass is 284 g/mol. The normalized spacial score (nSPS) is 11.1. The van der Waals surface area contributed by atoms with Crippen LogP contribution in [0.2, 0.25) is 0 Å². The molecule has 0 fully saturated rings. The first-order valence-electron chi connectivity index (χ1n) is 5.68. The van der Waals surface area contributed by atoms with Gasteiger partial charge >= 0.3 is 5.97 Å². The molecule has 1 aromatic rings. The van der Waals surface area contributed by atoms with Crippen molar-refractivity contribution in [2.24, 2.45) is 0 Å². The topological polar surface area (TPSA) is 80.7 Å². The molecule has 0 spiro atoms. The fourth-order valence-corrected chi connectivity index (χ4v) is 1.86. The SMILES string of the molecule is C=C(C)c1ccc(C(=O)OCCCS(=O)(=O)O)cc1. The largest absolute Gasteiger partial charge is 0.462 e.